The van der Waals surface area contributed by atoms with Crippen LogP contribution in [0.2, 0.25) is 10.0 Å². The van der Waals surface area contributed by atoms with Crippen molar-refractivity contribution in [3.8, 4) is 23.0 Å². The lowest BCUT2D eigenvalue weighted by Gasteiger charge is -2.11. The van der Waals surface area contributed by atoms with Gasteiger partial charge in [0.2, 0.25) is 5.89 Å². The summed E-state index contributed by atoms with van der Waals surface area (Å²) in [5, 5.41) is 3.40. The van der Waals surface area contributed by atoms with Gasteiger partial charge in [-0.05, 0) is 54.6 Å². The molecule has 3 aromatic carbocycles. The summed E-state index contributed by atoms with van der Waals surface area (Å²) in [6, 6.07) is 15.6. The number of amides is 1. The van der Waals surface area contributed by atoms with Gasteiger partial charge >= 0.3 is 0 Å². The number of nitrogens with one attached hydrogen (secondary N) is 1. The van der Waals surface area contributed by atoms with Crippen LogP contribution in [0.3, 0.4) is 0 Å². The first-order valence-electron chi connectivity index (χ1n) is 8.88. The highest BCUT2D eigenvalue weighted by Gasteiger charge is 2.18. The third-order valence-electron chi connectivity index (χ3n) is 4.44. The summed E-state index contributed by atoms with van der Waals surface area (Å²) in [5.74, 6) is 1.06. The van der Waals surface area contributed by atoms with Crippen LogP contribution in [0.1, 0.15) is 10.4 Å². The second-order valence-electron chi connectivity index (χ2n) is 6.35. The maximum absolute atomic E-state index is 12.8. The number of aromatic nitrogens is 1. The van der Waals surface area contributed by atoms with Gasteiger partial charge in [-0.25, -0.2) is 4.98 Å². The Bertz CT molecular complexity index is 1240. The molecule has 0 fully saturated rings. The van der Waals surface area contributed by atoms with Gasteiger partial charge in [0, 0.05) is 16.3 Å². The van der Waals surface area contributed by atoms with E-state index in [1.54, 1.807) is 25.3 Å². The summed E-state index contributed by atoms with van der Waals surface area (Å²) in [6.07, 6.45) is 0. The summed E-state index contributed by atoms with van der Waals surface area (Å²) >= 11 is 12.2. The van der Waals surface area contributed by atoms with Gasteiger partial charge in [0.25, 0.3) is 5.91 Å². The monoisotopic (exact) mass is 442 g/mol. The van der Waals surface area contributed by atoms with Crippen molar-refractivity contribution < 1.29 is 18.7 Å². The maximum atomic E-state index is 12.8. The van der Waals surface area contributed by atoms with Crippen molar-refractivity contribution in [2.45, 2.75) is 0 Å². The van der Waals surface area contributed by atoms with E-state index >= 15 is 0 Å². The fourth-order valence-corrected chi connectivity index (χ4v) is 3.57. The van der Waals surface area contributed by atoms with Gasteiger partial charge in [-0.3, -0.25) is 4.79 Å². The number of nitrogens with zero attached hydrogens (tertiary/aromatic N) is 1. The molecular formula is C22H16Cl2N2O4. The molecule has 0 radical (unpaired) electrons. The first-order chi connectivity index (χ1) is 14.5. The molecule has 6 nitrogen and oxygen atoms in total. The van der Waals surface area contributed by atoms with E-state index in [1.165, 1.54) is 19.2 Å². The summed E-state index contributed by atoms with van der Waals surface area (Å²) in [4.78, 5) is 17.3. The van der Waals surface area contributed by atoms with Gasteiger partial charge in [-0.1, -0.05) is 23.2 Å². The molecule has 0 unspecified atom stereocenters. The van der Waals surface area contributed by atoms with Crippen molar-refractivity contribution in [2.75, 3.05) is 19.5 Å². The van der Waals surface area contributed by atoms with Gasteiger partial charge < -0.3 is 19.2 Å². The molecule has 0 aliphatic carbocycles. The molecule has 0 aliphatic heterocycles. The number of anilines is 1. The Morgan fingerprint density at radius 2 is 1.77 bits per heavy atom. The largest absolute Gasteiger partial charge is 0.497 e. The Morgan fingerprint density at radius 1 is 1.00 bits per heavy atom. The van der Waals surface area contributed by atoms with Crippen molar-refractivity contribution in [3.63, 3.8) is 0 Å². The Labute approximate surface area is 182 Å². The van der Waals surface area contributed by atoms with E-state index < -0.39 is 5.91 Å². The van der Waals surface area contributed by atoms with E-state index in [-0.39, 0.29) is 16.3 Å². The molecule has 0 atom stereocenters. The Morgan fingerprint density at radius 3 is 2.47 bits per heavy atom. The number of carbonyl (C=O) groups is 1. The average Bonchev–Trinajstić information content (AvgIpc) is 3.16. The number of rotatable bonds is 5. The molecule has 4 aromatic rings. The Kier molecular flexibility index (Phi) is 5.53. The van der Waals surface area contributed by atoms with Gasteiger partial charge in [-0.15, -0.1) is 0 Å². The number of halogens is 2. The van der Waals surface area contributed by atoms with Gasteiger partial charge in [0.05, 0.1) is 24.8 Å². The molecule has 152 valence electrons. The van der Waals surface area contributed by atoms with Crippen LogP contribution >= 0.6 is 23.2 Å². The van der Waals surface area contributed by atoms with E-state index in [9.17, 15) is 4.79 Å². The third kappa shape index (κ3) is 3.92. The molecule has 0 spiro atoms. The summed E-state index contributed by atoms with van der Waals surface area (Å²) in [5.41, 5.74) is 2.79. The van der Waals surface area contributed by atoms with Crippen LogP contribution in [0.25, 0.3) is 22.6 Å². The number of hydrogen-bond donors (Lipinski definition) is 1. The molecule has 0 aliphatic rings. The predicted octanol–water partition coefficient (Wildman–Crippen LogP) is 6.07. The summed E-state index contributed by atoms with van der Waals surface area (Å²) in [7, 11) is 3.05. The van der Waals surface area contributed by atoms with E-state index in [0.717, 1.165) is 11.3 Å². The van der Waals surface area contributed by atoms with Crippen molar-refractivity contribution in [1.82, 2.24) is 4.98 Å². The van der Waals surface area contributed by atoms with E-state index in [1.807, 2.05) is 24.3 Å². The third-order valence-corrected chi connectivity index (χ3v) is 4.94. The molecule has 4 rings (SSSR count). The minimum atomic E-state index is -0.408. The molecule has 0 saturated heterocycles. The highest BCUT2D eigenvalue weighted by atomic mass is 35.5. The van der Waals surface area contributed by atoms with E-state index in [4.69, 9.17) is 37.1 Å². The summed E-state index contributed by atoms with van der Waals surface area (Å²) in [6.45, 7) is 0. The lowest BCUT2D eigenvalue weighted by Crippen LogP contribution is -2.13. The quantitative estimate of drug-likeness (QED) is 0.405. The molecular weight excluding hydrogens is 427 g/mol. The van der Waals surface area contributed by atoms with Crippen LogP contribution in [0.4, 0.5) is 5.69 Å². The van der Waals surface area contributed by atoms with Gasteiger partial charge in [-0.2, -0.15) is 0 Å². The van der Waals surface area contributed by atoms with Crippen LogP contribution in [-0.4, -0.2) is 25.1 Å². The topological polar surface area (TPSA) is 73.6 Å². The van der Waals surface area contributed by atoms with Crippen LogP contribution in [0, 0.1) is 0 Å². The smallest absolute Gasteiger partial charge is 0.259 e. The number of fused-ring (bicyclic) bond motifs is 1. The number of hydrogen-bond acceptors (Lipinski definition) is 5. The molecule has 1 heterocycles. The van der Waals surface area contributed by atoms with Gasteiger partial charge in [0.15, 0.2) is 5.58 Å². The van der Waals surface area contributed by atoms with Crippen LogP contribution in [0.15, 0.2) is 59.0 Å². The zero-order valence-corrected chi connectivity index (χ0v) is 17.5. The molecule has 8 heteroatoms. The van der Waals surface area contributed by atoms with Gasteiger partial charge in [0.1, 0.15) is 17.0 Å². The predicted molar refractivity (Wildman–Crippen MR) is 117 cm³/mol. The minimum Gasteiger partial charge on any atom is -0.497 e. The fraction of sp³-hybridized carbons (Fsp3) is 0.0909. The highest BCUT2D eigenvalue weighted by Crippen LogP contribution is 2.33. The zero-order valence-electron chi connectivity index (χ0n) is 16.0. The van der Waals surface area contributed by atoms with Crippen LogP contribution < -0.4 is 14.8 Å². The van der Waals surface area contributed by atoms with Crippen LogP contribution in [-0.2, 0) is 0 Å². The second kappa shape index (κ2) is 8.26. The SMILES string of the molecule is COc1ccc(-c2nc3cc(NC(=O)c4cc(Cl)cc(Cl)c4OC)ccc3o2)cc1. The number of oxazole rings is 1. The molecule has 0 bridgehead atoms. The van der Waals surface area contributed by atoms with E-state index in [2.05, 4.69) is 10.3 Å². The van der Waals surface area contributed by atoms with Crippen molar-refractivity contribution >= 4 is 45.9 Å². The lowest BCUT2D eigenvalue weighted by atomic mass is 10.1. The second-order valence-corrected chi connectivity index (χ2v) is 7.20. The minimum absolute atomic E-state index is 0.231. The standard InChI is InChI=1S/C22H16Cl2N2O4/c1-28-15-6-3-12(4-7-15)22-26-18-11-14(5-8-19(18)30-22)25-21(27)16-9-13(23)10-17(24)20(16)29-2/h3-11H,1-2H3,(H,25,27). The Hall–Kier alpha value is -3.22. The first kappa shape index (κ1) is 20.1. The lowest BCUT2D eigenvalue weighted by molar-refractivity contribution is 0.102. The number of methoxy groups -OCH3 is 2. The number of ether oxygens (including phenoxy) is 2. The maximum Gasteiger partial charge on any atom is 0.259 e. The molecule has 1 amide bonds. The zero-order chi connectivity index (χ0) is 21.3. The molecule has 1 N–H and O–H groups in total. The summed E-state index contributed by atoms with van der Waals surface area (Å²) < 4.78 is 16.2. The molecule has 0 saturated carbocycles. The van der Waals surface area contributed by atoms with E-state index in [0.29, 0.717) is 27.7 Å². The van der Waals surface area contributed by atoms with Crippen molar-refractivity contribution in [1.29, 1.82) is 0 Å². The Balaban J connectivity index is 1.62. The van der Waals surface area contributed by atoms with Crippen molar-refractivity contribution in [3.05, 3.63) is 70.2 Å². The molecule has 1 aromatic heterocycles. The fourth-order valence-electron chi connectivity index (χ4n) is 3.00. The highest BCUT2D eigenvalue weighted by molar-refractivity contribution is 6.36. The van der Waals surface area contributed by atoms with Crippen molar-refractivity contribution in [2.24, 2.45) is 0 Å². The average molecular weight is 443 g/mol. The van der Waals surface area contributed by atoms with Crippen LogP contribution in [0.5, 0.6) is 11.5 Å². The normalized spacial score (nSPS) is 10.8. The first-order valence-corrected chi connectivity index (χ1v) is 9.63. The number of benzene rings is 3. The number of carbonyl (C=O) groups excluding carboxylic acids is 1. The molecule has 30 heavy (non-hydrogen) atoms.